The minimum absolute atomic E-state index is 0.422. The molecule has 4 nitrogen and oxygen atoms in total. The van der Waals surface area contributed by atoms with Crippen molar-refractivity contribution in [1.82, 2.24) is 15.1 Å². The van der Waals surface area contributed by atoms with Gasteiger partial charge in [0.15, 0.2) is 0 Å². The van der Waals surface area contributed by atoms with Crippen LogP contribution in [0, 0.1) is 0 Å². The van der Waals surface area contributed by atoms with Crippen molar-refractivity contribution in [3.05, 3.63) is 72.1 Å². The Kier molecular flexibility index (Phi) is 11.5. The third-order valence-corrected chi connectivity index (χ3v) is 8.18. The van der Waals surface area contributed by atoms with Crippen LogP contribution in [0.2, 0.25) is 0 Å². The number of nitrogens with one attached hydrogen (secondary N) is 1. The predicted molar refractivity (Wildman–Crippen MR) is 160 cm³/mol. The summed E-state index contributed by atoms with van der Waals surface area (Å²) in [4.78, 5) is 11.3. The third-order valence-electron chi connectivity index (χ3n) is 5.97. The predicted octanol–water partition coefficient (Wildman–Crippen LogP) is 6.73. The lowest BCUT2D eigenvalue weighted by atomic mass is 10.0. The van der Waals surface area contributed by atoms with Crippen molar-refractivity contribution in [2.75, 3.05) is 46.0 Å². The molecule has 0 bridgehead atoms. The van der Waals surface area contributed by atoms with Crippen molar-refractivity contribution < 1.29 is 0 Å². The molecule has 1 aliphatic heterocycles. The molecule has 2 aromatic rings. The van der Waals surface area contributed by atoms with Gasteiger partial charge in [-0.15, -0.1) is 11.8 Å². The van der Waals surface area contributed by atoms with E-state index in [-0.39, 0.29) is 0 Å². The van der Waals surface area contributed by atoms with Gasteiger partial charge >= 0.3 is 0 Å². The summed E-state index contributed by atoms with van der Waals surface area (Å²) >= 11 is 3.77. The average Bonchev–Trinajstić information content (AvgIpc) is 3.32. The fourth-order valence-corrected chi connectivity index (χ4v) is 6.38. The number of benzene rings is 2. The molecule has 0 saturated carbocycles. The van der Waals surface area contributed by atoms with E-state index in [0.29, 0.717) is 5.37 Å². The van der Waals surface area contributed by atoms with E-state index < -0.39 is 0 Å². The van der Waals surface area contributed by atoms with Gasteiger partial charge in [0.05, 0.1) is 5.37 Å². The van der Waals surface area contributed by atoms with E-state index in [2.05, 4.69) is 110 Å². The molecule has 0 amide bonds. The monoisotopic (exact) mass is 508 g/mol. The molecule has 188 valence electrons. The molecule has 0 spiro atoms. The van der Waals surface area contributed by atoms with Crippen LogP contribution in [0.4, 0.5) is 0 Å². The van der Waals surface area contributed by atoms with E-state index in [4.69, 9.17) is 0 Å². The van der Waals surface area contributed by atoms with Gasteiger partial charge in [0, 0.05) is 41.1 Å². The van der Waals surface area contributed by atoms with Crippen molar-refractivity contribution in [1.29, 1.82) is 0 Å². The maximum absolute atomic E-state index is 4.04. The number of thioether (sulfide) groups is 2. The highest BCUT2D eigenvalue weighted by molar-refractivity contribution is 8.09. The maximum Gasteiger partial charge on any atom is 0.0893 e. The molecule has 1 heterocycles. The van der Waals surface area contributed by atoms with Gasteiger partial charge in [-0.3, -0.25) is 4.99 Å². The van der Waals surface area contributed by atoms with Gasteiger partial charge in [0.1, 0.15) is 0 Å². The Labute approximate surface area is 221 Å². The summed E-state index contributed by atoms with van der Waals surface area (Å²) in [5.41, 5.74) is 4.93. The van der Waals surface area contributed by atoms with Crippen LogP contribution in [0.1, 0.15) is 37.8 Å². The highest BCUT2D eigenvalue weighted by atomic mass is 32.2. The van der Waals surface area contributed by atoms with E-state index in [0.717, 1.165) is 31.9 Å². The summed E-state index contributed by atoms with van der Waals surface area (Å²) in [7, 11) is 4.38. The fourth-order valence-electron chi connectivity index (χ4n) is 4.12. The lowest BCUT2D eigenvalue weighted by molar-refractivity contribution is 0.330. The molecular formula is C29H40N4S2. The Bertz CT molecular complexity index is 983. The zero-order valence-corrected chi connectivity index (χ0v) is 23.3. The summed E-state index contributed by atoms with van der Waals surface area (Å²) in [6, 6.07) is 17.7. The van der Waals surface area contributed by atoms with Crippen LogP contribution in [0.5, 0.6) is 0 Å². The Morgan fingerprint density at radius 2 is 1.54 bits per heavy atom. The minimum atomic E-state index is 0.422. The zero-order valence-electron chi connectivity index (χ0n) is 21.7. The number of aliphatic imine (C=N–C) groups is 1. The Balaban J connectivity index is 1.59. The van der Waals surface area contributed by atoms with E-state index >= 15 is 0 Å². The summed E-state index contributed by atoms with van der Waals surface area (Å²) in [5.74, 6) is 1.04. The Morgan fingerprint density at radius 3 is 2.17 bits per heavy atom. The first-order valence-corrected chi connectivity index (χ1v) is 14.4. The first-order valence-electron chi connectivity index (χ1n) is 12.5. The summed E-state index contributed by atoms with van der Waals surface area (Å²) < 4.78 is 0. The highest BCUT2D eigenvalue weighted by Gasteiger charge is 2.19. The van der Waals surface area contributed by atoms with E-state index in [1.807, 2.05) is 29.7 Å². The number of likely N-dealkylation sites (N-methyl/N-ethyl adjacent to an activating group) is 1. The first-order chi connectivity index (χ1) is 17.0. The molecule has 0 radical (unpaired) electrons. The molecule has 1 N–H and O–H groups in total. The van der Waals surface area contributed by atoms with Crippen LogP contribution in [0.3, 0.4) is 0 Å². The van der Waals surface area contributed by atoms with Crippen LogP contribution >= 0.6 is 23.5 Å². The second-order valence-electron chi connectivity index (χ2n) is 9.03. The van der Waals surface area contributed by atoms with Crippen LogP contribution < -0.4 is 5.32 Å². The van der Waals surface area contributed by atoms with Crippen molar-refractivity contribution in [3.63, 3.8) is 0 Å². The van der Waals surface area contributed by atoms with Gasteiger partial charge in [-0.2, -0.15) is 0 Å². The lowest BCUT2D eigenvalue weighted by Crippen LogP contribution is -2.33. The van der Waals surface area contributed by atoms with Crippen molar-refractivity contribution in [2.24, 2.45) is 4.99 Å². The normalized spacial score (nSPS) is 16.0. The van der Waals surface area contributed by atoms with Gasteiger partial charge in [-0.25, -0.2) is 0 Å². The second-order valence-corrected chi connectivity index (χ2v) is 11.4. The first kappa shape index (κ1) is 27.6. The van der Waals surface area contributed by atoms with Crippen molar-refractivity contribution >= 4 is 40.1 Å². The molecule has 0 fully saturated rings. The van der Waals surface area contributed by atoms with Gasteiger partial charge in [0.2, 0.25) is 0 Å². The minimum Gasteiger partial charge on any atom is -0.377 e. The van der Waals surface area contributed by atoms with Gasteiger partial charge in [0.25, 0.3) is 0 Å². The van der Waals surface area contributed by atoms with Crippen LogP contribution in [0.25, 0.3) is 20.9 Å². The van der Waals surface area contributed by atoms with E-state index in [9.17, 15) is 0 Å². The van der Waals surface area contributed by atoms with Gasteiger partial charge < -0.3 is 15.1 Å². The van der Waals surface area contributed by atoms with E-state index in [1.165, 1.54) is 44.9 Å². The SMILES string of the molecule is C=N/C=C(\SCCN(C)CCC)c1ccc(-c2ccc(C3=CNC(CN(C)CCC)S3)cc2)cc1. The van der Waals surface area contributed by atoms with Crippen LogP contribution in [-0.4, -0.2) is 67.9 Å². The zero-order chi connectivity index (χ0) is 25.0. The standard InChI is InChI=1S/C29H40N4S2/c1-6-16-32(4)18-19-34-27(20-30-3)25-12-8-23(9-13-25)24-10-14-26(15-11-24)28-21-31-29(35-28)22-33(5)17-7-2/h8-15,20-21,29,31H,3,6-7,16-19,22H2,1-2,4-5H3/b27-20-. The Morgan fingerprint density at radius 1 is 0.943 bits per heavy atom. The summed E-state index contributed by atoms with van der Waals surface area (Å²) in [6.45, 7) is 12.5. The molecule has 0 aromatic heterocycles. The maximum atomic E-state index is 4.04. The van der Waals surface area contributed by atoms with Crippen LogP contribution in [0.15, 0.2) is 65.9 Å². The molecule has 1 atom stereocenters. The molecule has 6 heteroatoms. The quantitative estimate of drug-likeness (QED) is 0.286. The third kappa shape index (κ3) is 8.57. The highest BCUT2D eigenvalue weighted by Crippen LogP contribution is 2.36. The van der Waals surface area contributed by atoms with E-state index in [1.54, 1.807) is 0 Å². The summed E-state index contributed by atoms with van der Waals surface area (Å²) in [6.07, 6.45) is 6.42. The molecule has 0 saturated heterocycles. The lowest BCUT2D eigenvalue weighted by Gasteiger charge is -2.20. The smallest absolute Gasteiger partial charge is 0.0893 e. The molecule has 1 unspecified atom stereocenters. The average molecular weight is 509 g/mol. The molecule has 35 heavy (non-hydrogen) atoms. The van der Waals surface area contributed by atoms with Gasteiger partial charge in [-0.1, -0.05) is 74.1 Å². The molecule has 3 rings (SSSR count). The largest absolute Gasteiger partial charge is 0.377 e. The summed E-state index contributed by atoms with van der Waals surface area (Å²) in [5, 5.41) is 3.95. The molecular weight excluding hydrogens is 468 g/mol. The van der Waals surface area contributed by atoms with Crippen molar-refractivity contribution in [3.8, 4) is 11.1 Å². The molecule has 1 aliphatic rings. The number of hydrogen-bond acceptors (Lipinski definition) is 6. The fraction of sp³-hybridized carbons (Fsp3) is 0.414. The second kappa shape index (κ2) is 14.5. The van der Waals surface area contributed by atoms with Crippen molar-refractivity contribution in [2.45, 2.75) is 32.1 Å². The number of rotatable bonds is 14. The van der Waals surface area contributed by atoms with Gasteiger partial charge in [-0.05, 0) is 69.0 Å². The number of hydrogen-bond donors (Lipinski definition) is 1. The number of nitrogens with zero attached hydrogens (tertiary/aromatic N) is 3. The Hall–Kier alpha value is -1.99. The topological polar surface area (TPSA) is 30.9 Å². The van der Waals surface area contributed by atoms with Crippen LogP contribution in [-0.2, 0) is 0 Å². The molecule has 2 aromatic carbocycles. The molecule has 0 aliphatic carbocycles.